The van der Waals surface area contributed by atoms with Gasteiger partial charge in [-0.25, -0.2) is 4.39 Å². The van der Waals surface area contributed by atoms with E-state index in [0.29, 0.717) is 6.42 Å². The Hall–Kier alpha value is -1.38. The Labute approximate surface area is 112 Å². The highest BCUT2D eigenvalue weighted by molar-refractivity contribution is 5.67. The average molecular weight is 262 g/mol. The lowest BCUT2D eigenvalue weighted by Crippen LogP contribution is -2.45. The minimum Gasteiger partial charge on any atom is -0.481 e. The quantitative estimate of drug-likeness (QED) is 0.897. The Morgan fingerprint density at radius 3 is 2.32 bits per heavy atom. The second-order valence-corrected chi connectivity index (χ2v) is 6.36. The van der Waals surface area contributed by atoms with Crippen molar-refractivity contribution in [3.8, 4) is 0 Å². The summed E-state index contributed by atoms with van der Waals surface area (Å²) in [6.07, 6.45) is 6.21. The maximum atomic E-state index is 13.4. The molecule has 1 N–H and O–H groups in total. The van der Waals surface area contributed by atoms with Crippen LogP contribution in [0.5, 0.6) is 0 Å². The fourth-order valence-corrected chi connectivity index (χ4v) is 4.10. The topological polar surface area (TPSA) is 37.3 Å². The molecule has 3 fully saturated rings. The van der Waals surface area contributed by atoms with Crippen LogP contribution in [-0.4, -0.2) is 11.1 Å². The number of rotatable bonds is 3. The molecule has 3 heteroatoms. The molecule has 0 amide bonds. The van der Waals surface area contributed by atoms with E-state index >= 15 is 0 Å². The van der Waals surface area contributed by atoms with E-state index < -0.39 is 5.97 Å². The molecular formula is C16H19FO2. The molecule has 0 heterocycles. The van der Waals surface area contributed by atoms with E-state index in [0.717, 1.165) is 44.1 Å². The van der Waals surface area contributed by atoms with Crippen molar-refractivity contribution in [3.63, 3.8) is 0 Å². The van der Waals surface area contributed by atoms with Crippen LogP contribution < -0.4 is 0 Å². The van der Waals surface area contributed by atoms with E-state index in [4.69, 9.17) is 5.11 Å². The lowest BCUT2D eigenvalue weighted by molar-refractivity contribution is -0.142. The molecule has 19 heavy (non-hydrogen) atoms. The highest BCUT2D eigenvalue weighted by Gasteiger charge is 2.49. The standard InChI is InChI=1S/C16H19FO2/c17-13-3-1-2-12(10-13)16-7-4-15(5-8-16,6-9-16)11-14(18)19/h1-3,10H,4-9,11H2,(H,18,19). The van der Waals surface area contributed by atoms with Gasteiger partial charge in [-0.05, 0) is 67.1 Å². The van der Waals surface area contributed by atoms with Crippen LogP contribution in [-0.2, 0) is 10.2 Å². The Bertz CT molecular complexity index is 485. The van der Waals surface area contributed by atoms with Crippen molar-refractivity contribution in [2.45, 2.75) is 50.4 Å². The number of carboxylic acid groups (broad SMARTS) is 1. The van der Waals surface area contributed by atoms with Gasteiger partial charge >= 0.3 is 5.97 Å². The molecule has 0 saturated heterocycles. The first kappa shape index (κ1) is 12.6. The molecule has 1 aromatic rings. The second kappa shape index (κ2) is 4.32. The summed E-state index contributed by atoms with van der Waals surface area (Å²) >= 11 is 0. The number of hydrogen-bond donors (Lipinski definition) is 1. The van der Waals surface area contributed by atoms with Crippen molar-refractivity contribution in [1.29, 1.82) is 0 Å². The van der Waals surface area contributed by atoms with Crippen LogP contribution in [0.4, 0.5) is 4.39 Å². The lowest BCUT2D eigenvalue weighted by Gasteiger charge is -2.53. The average Bonchev–Trinajstić information content (AvgIpc) is 2.39. The number of benzene rings is 1. The summed E-state index contributed by atoms with van der Waals surface area (Å²) in [4.78, 5) is 11.0. The highest BCUT2D eigenvalue weighted by Crippen LogP contribution is 2.59. The van der Waals surface area contributed by atoms with Crippen molar-refractivity contribution in [3.05, 3.63) is 35.6 Å². The summed E-state index contributed by atoms with van der Waals surface area (Å²) in [5.74, 6) is -0.847. The minimum absolute atomic E-state index is 0.0148. The van der Waals surface area contributed by atoms with Gasteiger partial charge in [-0.3, -0.25) is 4.79 Å². The van der Waals surface area contributed by atoms with Gasteiger partial charge < -0.3 is 5.11 Å². The number of fused-ring (bicyclic) bond motifs is 3. The van der Waals surface area contributed by atoms with Crippen molar-refractivity contribution >= 4 is 5.97 Å². The van der Waals surface area contributed by atoms with Crippen LogP contribution in [0.1, 0.15) is 50.5 Å². The fraction of sp³-hybridized carbons (Fsp3) is 0.562. The van der Waals surface area contributed by atoms with Crippen LogP contribution >= 0.6 is 0 Å². The van der Waals surface area contributed by atoms with Gasteiger partial charge in [0.05, 0.1) is 6.42 Å². The molecule has 0 spiro atoms. The van der Waals surface area contributed by atoms with Crippen molar-refractivity contribution < 1.29 is 14.3 Å². The Balaban J connectivity index is 1.83. The smallest absolute Gasteiger partial charge is 0.303 e. The zero-order chi connectivity index (χ0) is 13.5. The van der Waals surface area contributed by atoms with Gasteiger partial charge in [-0.1, -0.05) is 12.1 Å². The molecule has 102 valence electrons. The summed E-state index contributed by atoms with van der Waals surface area (Å²) in [5, 5.41) is 9.05. The SMILES string of the molecule is O=C(O)CC12CCC(c3cccc(F)c3)(CC1)CC2. The first-order valence-corrected chi connectivity index (χ1v) is 7.02. The molecule has 0 radical (unpaired) electrons. The zero-order valence-electron chi connectivity index (χ0n) is 11.0. The highest BCUT2D eigenvalue weighted by atomic mass is 19.1. The Morgan fingerprint density at radius 2 is 1.79 bits per heavy atom. The normalized spacial score (nSPS) is 33.3. The van der Waals surface area contributed by atoms with Crippen LogP contribution in [0.15, 0.2) is 24.3 Å². The van der Waals surface area contributed by atoms with E-state index in [1.165, 1.54) is 6.07 Å². The van der Waals surface area contributed by atoms with Crippen LogP contribution in [0.3, 0.4) is 0 Å². The van der Waals surface area contributed by atoms with Gasteiger partial charge in [0.25, 0.3) is 0 Å². The molecule has 0 aliphatic heterocycles. The number of halogens is 1. The van der Waals surface area contributed by atoms with Crippen molar-refractivity contribution in [2.75, 3.05) is 0 Å². The Morgan fingerprint density at radius 1 is 1.16 bits per heavy atom. The van der Waals surface area contributed by atoms with E-state index in [1.807, 2.05) is 6.07 Å². The molecule has 3 saturated carbocycles. The number of carbonyl (C=O) groups is 1. The molecule has 0 aromatic heterocycles. The summed E-state index contributed by atoms with van der Waals surface area (Å²) < 4.78 is 13.4. The zero-order valence-corrected chi connectivity index (χ0v) is 11.0. The van der Waals surface area contributed by atoms with Gasteiger partial charge in [-0.2, -0.15) is 0 Å². The number of carboxylic acids is 1. The van der Waals surface area contributed by atoms with E-state index in [-0.39, 0.29) is 16.6 Å². The maximum absolute atomic E-state index is 13.4. The van der Waals surface area contributed by atoms with E-state index in [1.54, 1.807) is 12.1 Å². The number of aliphatic carboxylic acids is 1. The number of hydrogen-bond acceptors (Lipinski definition) is 1. The minimum atomic E-state index is -0.680. The van der Waals surface area contributed by atoms with Crippen LogP contribution in [0.2, 0.25) is 0 Å². The van der Waals surface area contributed by atoms with Gasteiger partial charge in [0.2, 0.25) is 0 Å². The van der Waals surface area contributed by atoms with Gasteiger partial charge in [0, 0.05) is 0 Å². The molecule has 2 bridgehead atoms. The van der Waals surface area contributed by atoms with E-state index in [2.05, 4.69) is 0 Å². The first-order valence-electron chi connectivity index (χ1n) is 7.02. The monoisotopic (exact) mass is 262 g/mol. The molecule has 3 aliphatic carbocycles. The molecule has 2 nitrogen and oxygen atoms in total. The van der Waals surface area contributed by atoms with Gasteiger partial charge in [0.15, 0.2) is 0 Å². The largest absolute Gasteiger partial charge is 0.481 e. The van der Waals surface area contributed by atoms with Crippen LogP contribution in [0.25, 0.3) is 0 Å². The van der Waals surface area contributed by atoms with Gasteiger partial charge in [-0.15, -0.1) is 0 Å². The lowest BCUT2D eigenvalue weighted by atomic mass is 9.51. The summed E-state index contributed by atoms with van der Waals surface area (Å²) in [6.45, 7) is 0. The summed E-state index contributed by atoms with van der Waals surface area (Å²) in [7, 11) is 0. The molecule has 1 aromatic carbocycles. The first-order chi connectivity index (χ1) is 9.04. The third-order valence-electron chi connectivity index (χ3n) is 5.36. The predicted molar refractivity (Wildman–Crippen MR) is 70.5 cm³/mol. The summed E-state index contributed by atoms with van der Waals surface area (Å²) in [5.41, 5.74) is 1.22. The van der Waals surface area contributed by atoms with Gasteiger partial charge in [0.1, 0.15) is 5.82 Å². The van der Waals surface area contributed by atoms with Crippen molar-refractivity contribution in [2.24, 2.45) is 5.41 Å². The molecule has 0 atom stereocenters. The predicted octanol–water partition coefficient (Wildman–Crippen LogP) is 3.89. The maximum Gasteiger partial charge on any atom is 0.303 e. The molecule has 4 rings (SSSR count). The molecular weight excluding hydrogens is 243 g/mol. The van der Waals surface area contributed by atoms with Crippen LogP contribution in [0, 0.1) is 11.2 Å². The third kappa shape index (κ3) is 2.15. The van der Waals surface area contributed by atoms with Crippen molar-refractivity contribution in [1.82, 2.24) is 0 Å². The molecule has 0 unspecified atom stereocenters. The van der Waals surface area contributed by atoms with E-state index in [9.17, 15) is 9.18 Å². The third-order valence-corrected chi connectivity index (χ3v) is 5.36. The summed E-state index contributed by atoms with van der Waals surface area (Å²) in [6, 6.07) is 6.96. The fourth-order valence-electron chi connectivity index (χ4n) is 4.10. The Kier molecular flexibility index (Phi) is 2.88. The molecule has 3 aliphatic rings. The second-order valence-electron chi connectivity index (χ2n) is 6.36.